The summed E-state index contributed by atoms with van der Waals surface area (Å²) in [6.45, 7) is 1.42. The Hall–Kier alpha value is -1.10. The average molecular weight is 287 g/mol. The van der Waals surface area contributed by atoms with Crippen LogP contribution < -0.4 is 0 Å². The van der Waals surface area contributed by atoms with E-state index < -0.39 is 11.9 Å². The van der Waals surface area contributed by atoms with Gasteiger partial charge in [-0.1, -0.05) is 23.7 Å². The van der Waals surface area contributed by atoms with Crippen molar-refractivity contribution in [3.63, 3.8) is 0 Å². The lowest BCUT2D eigenvalue weighted by molar-refractivity contribution is -0.142. The number of rotatable bonds is 9. The molecule has 19 heavy (non-hydrogen) atoms. The highest BCUT2D eigenvalue weighted by molar-refractivity contribution is 6.30. The Morgan fingerprint density at radius 2 is 2.16 bits per heavy atom. The molecule has 0 heterocycles. The number of hydrogen-bond donors (Lipinski definition) is 1. The van der Waals surface area contributed by atoms with Gasteiger partial charge in [-0.3, -0.25) is 4.79 Å². The van der Waals surface area contributed by atoms with Crippen LogP contribution in [-0.2, 0) is 20.7 Å². The third-order valence-electron chi connectivity index (χ3n) is 2.76. The SMILES string of the molecule is COCCOCCC(Cc1cccc(Cl)c1)C(=O)O. The minimum atomic E-state index is -0.810. The number of halogens is 1. The average Bonchev–Trinajstić information content (AvgIpc) is 2.37. The van der Waals surface area contributed by atoms with Gasteiger partial charge in [-0.2, -0.15) is 0 Å². The van der Waals surface area contributed by atoms with E-state index in [2.05, 4.69) is 0 Å². The largest absolute Gasteiger partial charge is 0.481 e. The van der Waals surface area contributed by atoms with Crippen molar-refractivity contribution in [2.24, 2.45) is 5.92 Å². The van der Waals surface area contributed by atoms with Crippen LogP contribution >= 0.6 is 11.6 Å². The summed E-state index contributed by atoms with van der Waals surface area (Å²) >= 11 is 5.88. The Kier molecular flexibility index (Phi) is 7.48. The van der Waals surface area contributed by atoms with Crippen LogP contribution in [0, 0.1) is 5.92 Å². The highest BCUT2D eigenvalue weighted by Crippen LogP contribution is 2.17. The molecular weight excluding hydrogens is 268 g/mol. The monoisotopic (exact) mass is 286 g/mol. The maximum atomic E-state index is 11.2. The first kappa shape index (κ1) is 16.0. The van der Waals surface area contributed by atoms with Gasteiger partial charge in [0.05, 0.1) is 19.1 Å². The fourth-order valence-corrected chi connectivity index (χ4v) is 1.94. The van der Waals surface area contributed by atoms with Crippen molar-refractivity contribution in [1.82, 2.24) is 0 Å². The molecule has 1 rings (SSSR count). The fraction of sp³-hybridized carbons (Fsp3) is 0.500. The molecule has 1 atom stereocenters. The summed E-state index contributed by atoms with van der Waals surface area (Å²) in [5, 5.41) is 9.82. The first-order chi connectivity index (χ1) is 9.13. The van der Waals surface area contributed by atoms with Crippen molar-refractivity contribution >= 4 is 17.6 Å². The van der Waals surface area contributed by atoms with Crippen molar-refractivity contribution in [1.29, 1.82) is 0 Å². The molecule has 0 spiro atoms. The summed E-state index contributed by atoms with van der Waals surface area (Å²) in [6.07, 6.45) is 0.940. The van der Waals surface area contributed by atoms with Gasteiger partial charge in [0, 0.05) is 18.7 Å². The molecule has 0 radical (unpaired) electrons. The van der Waals surface area contributed by atoms with Crippen molar-refractivity contribution in [2.75, 3.05) is 26.9 Å². The molecule has 106 valence electrons. The number of aliphatic carboxylic acids is 1. The third kappa shape index (κ3) is 6.57. The van der Waals surface area contributed by atoms with E-state index in [1.807, 2.05) is 12.1 Å². The van der Waals surface area contributed by atoms with Crippen LogP contribution in [0.1, 0.15) is 12.0 Å². The summed E-state index contributed by atoms with van der Waals surface area (Å²) in [7, 11) is 1.60. The van der Waals surface area contributed by atoms with E-state index in [0.29, 0.717) is 37.7 Å². The number of hydrogen-bond acceptors (Lipinski definition) is 3. The highest BCUT2D eigenvalue weighted by atomic mass is 35.5. The minimum Gasteiger partial charge on any atom is -0.481 e. The normalized spacial score (nSPS) is 12.3. The zero-order chi connectivity index (χ0) is 14.1. The molecule has 0 saturated carbocycles. The quantitative estimate of drug-likeness (QED) is 0.709. The first-order valence-corrected chi connectivity index (χ1v) is 6.55. The van der Waals surface area contributed by atoms with Gasteiger partial charge >= 0.3 is 5.97 Å². The van der Waals surface area contributed by atoms with E-state index in [4.69, 9.17) is 21.1 Å². The Labute approximate surface area is 118 Å². The summed E-state index contributed by atoms with van der Waals surface area (Å²) in [6, 6.07) is 7.28. The van der Waals surface area contributed by atoms with Crippen LogP contribution in [0.15, 0.2) is 24.3 Å². The molecule has 0 aliphatic heterocycles. The topological polar surface area (TPSA) is 55.8 Å². The predicted molar refractivity (Wildman–Crippen MR) is 73.6 cm³/mol. The predicted octanol–water partition coefficient (Wildman–Crippen LogP) is 2.64. The van der Waals surface area contributed by atoms with Crippen LogP contribution in [-0.4, -0.2) is 38.0 Å². The summed E-state index contributed by atoms with van der Waals surface area (Å²) in [4.78, 5) is 11.2. The number of carbonyl (C=O) groups is 1. The second-order valence-corrected chi connectivity index (χ2v) is 4.70. The van der Waals surface area contributed by atoms with Gasteiger partial charge in [-0.05, 0) is 30.5 Å². The molecule has 1 aromatic carbocycles. The van der Waals surface area contributed by atoms with E-state index in [1.54, 1.807) is 19.2 Å². The van der Waals surface area contributed by atoms with E-state index in [9.17, 15) is 9.90 Å². The third-order valence-corrected chi connectivity index (χ3v) is 3.00. The van der Waals surface area contributed by atoms with Gasteiger partial charge in [0.1, 0.15) is 0 Å². The van der Waals surface area contributed by atoms with Gasteiger partial charge in [0.15, 0.2) is 0 Å². The molecule has 0 saturated heterocycles. The van der Waals surface area contributed by atoms with Crippen molar-refractivity contribution in [3.8, 4) is 0 Å². The minimum absolute atomic E-state index is 0.418. The Morgan fingerprint density at radius 3 is 2.79 bits per heavy atom. The van der Waals surface area contributed by atoms with E-state index in [-0.39, 0.29) is 0 Å². The standard InChI is InChI=1S/C14H19ClO4/c1-18-7-8-19-6-5-12(14(16)17)9-11-3-2-4-13(15)10-11/h2-4,10,12H,5-9H2,1H3,(H,16,17). The van der Waals surface area contributed by atoms with Crippen LogP contribution in [0.2, 0.25) is 5.02 Å². The van der Waals surface area contributed by atoms with E-state index >= 15 is 0 Å². The molecule has 1 aromatic rings. The van der Waals surface area contributed by atoms with Gasteiger partial charge in [-0.25, -0.2) is 0 Å². The molecule has 5 heteroatoms. The summed E-state index contributed by atoms with van der Waals surface area (Å²) < 4.78 is 10.2. The number of benzene rings is 1. The molecule has 0 aliphatic rings. The maximum absolute atomic E-state index is 11.2. The van der Waals surface area contributed by atoms with E-state index in [0.717, 1.165) is 5.56 Å². The Bertz CT molecular complexity index is 395. The van der Waals surface area contributed by atoms with Crippen LogP contribution in [0.25, 0.3) is 0 Å². The highest BCUT2D eigenvalue weighted by Gasteiger charge is 2.17. The summed E-state index contributed by atoms with van der Waals surface area (Å²) in [5.74, 6) is -1.27. The summed E-state index contributed by atoms with van der Waals surface area (Å²) in [5.41, 5.74) is 0.928. The van der Waals surface area contributed by atoms with Crippen molar-refractivity contribution < 1.29 is 19.4 Å². The first-order valence-electron chi connectivity index (χ1n) is 6.17. The number of carboxylic acid groups (broad SMARTS) is 1. The van der Waals surface area contributed by atoms with Crippen molar-refractivity contribution in [3.05, 3.63) is 34.9 Å². The van der Waals surface area contributed by atoms with Gasteiger partial charge in [0.25, 0.3) is 0 Å². The van der Waals surface area contributed by atoms with Crippen LogP contribution in [0.3, 0.4) is 0 Å². The van der Waals surface area contributed by atoms with Gasteiger partial charge in [0.2, 0.25) is 0 Å². The maximum Gasteiger partial charge on any atom is 0.306 e. The number of carboxylic acids is 1. The molecule has 1 unspecified atom stereocenters. The molecule has 0 aromatic heterocycles. The van der Waals surface area contributed by atoms with E-state index in [1.165, 1.54) is 0 Å². The molecule has 0 amide bonds. The van der Waals surface area contributed by atoms with Gasteiger partial charge < -0.3 is 14.6 Å². The number of methoxy groups -OCH3 is 1. The zero-order valence-corrected chi connectivity index (χ0v) is 11.7. The molecule has 0 bridgehead atoms. The lowest BCUT2D eigenvalue weighted by atomic mass is 9.97. The van der Waals surface area contributed by atoms with Crippen molar-refractivity contribution in [2.45, 2.75) is 12.8 Å². The van der Waals surface area contributed by atoms with Crippen LogP contribution in [0.5, 0.6) is 0 Å². The van der Waals surface area contributed by atoms with Crippen LogP contribution in [0.4, 0.5) is 0 Å². The molecule has 1 N–H and O–H groups in total. The fourth-order valence-electron chi connectivity index (χ4n) is 1.73. The lowest BCUT2D eigenvalue weighted by Gasteiger charge is -2.12. The van der Waals surface area contributed by atoms with Gasteiger partial charge in [-0.15, -0.1) is 0 Å². The number of ether oxygens (including phenoxy) is 2. The molecule has 4 nitrogen and oxygen atoms in total. The second kappa shape index (κ2) is 8.91. The Morgan fingerprint density at radius 1 is 1.37 bits per heavy atom. The second-order valence-electron chi connectivity index (χ2n) is 4.26. The zero-order valence-electron chi connectivity index (χ0n) is 11.0. The molecule has 0 fully saturated rings. The smallest absolute Gasteiger partial charge is 0.306 e. The molecular formula is C14H19ClO4. The lowest BCUT2D eigenvalue weighted by Crippen LogP contribution is -2.19. The Balaban J connectivity index is 2.42. The molecule has 0 aliphatic carbocycles.